The molecule has 6 rings (SSSR count). The lowest BCUT2D eigenvalue weighted by Crippen LogP contribution is -2.61. The van der Waals surface area contributed by atoms with Crippen LogP contribution in [0, 0.1) is 17.8 Å². The highest BCUT2D eigenvalue weighted by Crippen LogP contribution is 2.55. The Morgan fingerprint density at radius 3 is 2.35 bits per heavy atom. The van der Waals surface area contributed by atoms with Crippen molar-refractivity contribution in [1.29, 1.82) is 0 Å². The highest BCUT2D eigenvalue weighted by atomic mass is 35.5. The minimum absolute atomic E-state index is 0.100. The molecular weight excluding hydrogens is 384 g/mol. The number of fused-ring (bicyclic) bond motifs is 1. The van der Waals surface area contributed by atoms with Crippen LogP contribution in [0.5, 0.6) is 0 Å². The number of rotatable bonds is 2. The first-order valence-corrected chi connectivity index (χ1v) is 10.9. The van der Waals surface area contributed by atoms with E-state index < -0.39 is 0 Å². The van der Waals surface area contributed by atoms with Crippen molar-refractivity contribution < 1.29 is 4.79 Å². The molecule has 136 valence electrons. The van der Waals surface area contributed by atoms with E-state index in [2.05, 4.69) is 10.6 Å². The van der Waals surface area contributed by atoms with Crippen LogP contribution in [0.15, 0.2) is 24.3 Å². The molecule has 0 saturated heterocycles. The molecule has 2 N–H and O–H groups in total. The molecule has 0 aliphatic heterocycles. The zero-order valence-corrected chi connectivity index (χ0v) is 16.8. The van der Waals surface area contributed by atoms with Crippen LogP contribution in [0.4, 0.5) is 0 Å². The van der Waals surface area contributed by atoms with E-state index in [1.807, 2.05) is 24.3 Å². The van der Waals surface area contributed by atoms with Gasteiger partial charge in [-0.25, -0.2) is 0 Å². The molecule has 0 spiro atoms. The van der Waals surface area contributed by atoms with Gasteiger partial charge in [-0.1, -0.05) is 29.8 Å². The number of nitrogens with one attached hydrogen (secondary N) is 2. The Balaban J connectivity index is 1.31. The highest BCUT2D eigenvalue weighted by molar-refractivity contribution is 7.80. The Kier molecular flexibility index (Phi) is 4.03. The van der Waals surface area contributed by atoms with Gasteiger partial charge < -0.3 is 5.32 Å². The van der Waals surface area contributed by atoms with E-state index in [4.69, 9.17) is 23.8 Å². The number of thiophene rings is 1. The molecule has 4 bridgehead atoms. The van der Waals surface area contributed by atoms with E-state index in [1.165, 1.54) is 49.9 Å². The molecule has 6 heteroatoms. The van der Waals surface area contributed by atoms with Crippen molar-refractivity contribution in [3.05, 3.63) is 34.2 Å². The summed E-state index contributed by atoms with van der Waals surface area (Å²) in [6.07, 6.45) is 7.74. The number of halogens is 1. The van der Waals surface area contributed by atoms with Crippen LogP contribution in [-0.2, 0) is 0 Å². The van der Waals surface area contributed by atoms with Crippen molar-refractivity contribution >= 4 is 56.3 Å². The number of carbonyl (C=O) groups excluding carboxylic acids is 1. The van der Waals surface area contributed by atoms with Gasteiger partial charge in [0.25, 0.3) is 5.91 Å². The van der Waals surface area contributed by atoms with Gasteiger partial charge in [0, 0.05) is 15.6 Å². The van der Waals surface area contributed by atoms with Gasteiger partial charge in [0.05, 0.1) is 5.02 Å². The Morgan fingerprint density at radius 2 is 1.73 bits per heavy atom. The second kappa shape index (κ2) is 6.18. The average molecular weight is 405 g/mol. The minimum atomic E-state index is -0.210. The monoisotopic (exact) mass is 404 g/mol. The maximum Gasteiger partial charge on any atom is 0.269 e. The number of amides is 1. The number of hydrogen-bond donors (Lipinski definition) is 2. The zero-order valence-electron chi connectivity index (χ0n) is 14.4. The molecule has 4 saturated carbocycles. The fourth-order valence-electron chi connectivity index (χ4n) is 5.86. The van der Waals surface area contributed by atoms with Gasteiger partial charge >= 0.3 is 0 Å². The molecule has 0 atom stereocenters. The van der Waals surface area contributed by atoms with E-state index in [1.54, 1.807) is 0 Å². The molecule has 0 radical (unpaired) electrons. The third kappa shape index (κ3) is 2.85. The molecule has 4 fully saturated rings. The second-order valence-corrected chi connectivity index (χ2v) is 10.2. The summed E-state index contributed by atoms with van der Waals surface area (Å²) in [6, 6.07) is 7.81. The molecule has 1 aromatic carbocycles. The first kappa shape index (κ1) is 17.0. The maximum absolute atomic E-state index is 12.7. The molecule has 3 nitrogen and oxygen atoms in total. The van der Waals surface area contributed by atoms with Gasteiger partial charge in [0.15, 0.2) is 5.11 Å². The summed E-state index contributed by atoms with van der Waals surface area (Å²) in [5, 5.41) is 8.30. The standard InChI is InChI=1S/C20H21ClN2OS2/c21-16-14-3-1-2-4-15(14)26-17(16)18(24)22-19(25)23-20-8-11-5-12(9-20)7-13(6-11)10-20/h1-4,11-13H,5-10H2,(H2,22,23,24,25). The number of thiocarbonyl (C=S) groups is 1. The lowest BCUT2D eigenvalue weighted by Gasteiger charge is -2.57. The smallest absolute Gasteiger partial charge is 0.269 e. The van der Waals surface area contributed by atoms with Gasteiger partial charge in [-0.3, -0.25) is 10.1 Å². The minimum Gasteiger partial charge on any atom is -0.357 e. The van der Waals surface area contributed by atoms with Gasteiger partial charge in [-0.2, -0.15) is 0 Å². The SMILES string of the molecule is O=C(NC(=S)NC12CC3CC(CC(C3)C1)C2)c1sc2ccccc2c1Cl. The van der Waals surface area contributed by atoms with Crippen molar-refractivity contribution in [2.45, 2.75) is 44.1 Å². The van der Waals surface area contributed by atoms with Gasteiger partial charge in [0.2, 0.25) is 0 Å². The molecular formula is C20H21ClN2OS2. The lowest BCUT2D eigenvalue weighted by atomic mass is 9.53. The predicted octanol–water partition coefficient (Wildman–Crippen LogP) is 5.13. The molecule has 26 heavy (non-hydrogen) atoms. The Morgan fingerprint density at radius 1 is 1.12 bits per heavy atom. The van der Waals surface area contributed by atoms with Gasteiger partial charge in [-0.15, -0.1) is 11.3 Å². The molecule has 4 aliphatic rings. The Labute approximate surface area is 167 Å². The summed E-state index contributed by atoms with van der Waals surface area (Å²) in [6.45, 7) is 0. The Bertz CT molecular complexity index is 871. The quantitative estimate of drug-likeness (QED) is 0.682. The van der Waals surface area contributed by atoms with Crippen molar-refractivity contribution in [3.63, 3.8) is 0 Å². The summed E-state index contributed by atoms with van der Waals surface area (Å²) in [4.78, 5) is 13.2. The number of benzene rings is 1. The molecule has 0 unspecified atom stereocenters. The van der Waals surface area contributed by atoms with Crippen LogP contribution in [-0.4, -0.2) is 16.6 Å². The van der Waals surface area contributed by atoms with E-state index in [0.717, 1.165) is 27.8 Å². The third-order valence-electron chi connectivity index (χ3n) is 6.39. The fourth-order valence-corrected chi connectivity index (χ4v) is 7.58. The lowest BCUT2D eigenvalue weighted by molar-refractivity contribution is -0.0101. The topological polar surface area (TPSA) is 41.1 Å². The fraction of sp³-hybridized carbons (Fsp3) is 0.500. The second-order valence-electron chi connectivity index (χ2n) is 8.35. The molecule has 1 amide bonds. The maximum atomic E-state index is 12.7. The van der Waals surface area contributed by atoms with Crippen LogP contribution >= 0.6 is 35.2 Å². The highest BCUT2D eigenvalue weighted by Gasteiger charge is 2.51. The van der Waals surface area contributed by atoms with E-state index in [-0.39, 0.29) is 11.4 Å². The van der Waals surface area contributed by atoms with Crippen LogP contribution in [0.1, 0.15) is 48.2 Å². The predicted molar refractivity (Wildman–Crippen MR) is 111 cm³/mol. The van der Waals surface area contributed by atoms with Crippen molar-refractivity contribution in [3.8, 4) is 0 Å². The van der Waals surface area contributed by atoms with Crippen molar-refractivity contribution in [2.24, 2.45) is 17.8 Å². The molecule has 1 aromatic heterocycles. The molecule has 1 heterocycles. The zero-order chi connectivity index (χ0) is 17.9. The summed E-state index contributed by atoms with van der Waals surface area (Å²) in [7, 11) is 0. The third-order valence-corrected chi connectivity index (χ3v) is 8.26. The summed E-state index contributed by atoms with van der Waals surface area (Å²) < 4.78 is 1.02. The van der Waals surface area contributed by atoms with E-state index >= 15 is 0 Å². The first-order chi connectivity index (χ1) is 12.5. The summed E-state index contributed by atoms with van der Waals surface area (Å²) >= 11 is 13.3. The van der Waals surface area contributed by atoms with Crippen LogP contribution in [0.25, 0.3) is 10.1 Å². The first-order valence-electron chi connectivity index (χ1n) is 9.32. The Hall–Kier alpha value is -1.17. The van der Waals surface area contributed by atoms with Crippen LogP contribution in [0.2, 0.25) is 5.02 Å². The van der Waals surface area contributed by atoms with Crippen LogP contribution in [0.3, 0.4) is 0 Å². The molecule has 4 aliphatic carbocycles. The molecule has 2 aromatic rings. The average Bonchev–Trinajstić information content (AvgIpc) is 2.90. The normalized spacial score (nSPS) is 32.0. The number of hydrogen-bond acceptors (Lipinski definition) is 3. The van der Waals surface area contributed by atoms with E-state index in [9.17, 15) is 4.79 Å². The number of carbonyl (C=O) groups is 1. The van der Waals surface area contributed by atoms with Crippen LogP contribution < -0.4 is 10.6 Å². The van der Waals surface area contributed by atoms with Crippen molar-refractivity contribution in [1.82, 2.24) is 10.6 Å². The summed E-state index contributed by atoms with van der Waals surface area (Å²) in [5.74, 6) is 2.30. The largest absolute Gasteiger partial charge is 0.357 e. The van der Waals surface area contributed by atoms with Gasteiger partial charge in [-0.05, 0) is 74.6 Å². The van der Waals surface area contributed by atoms with E-state index in [0.29, 0.717) is 15.0 Å². The van der Waals surface area contributed by atoms with Gasteiger partial charge in [0.1, 0.15) is 4.88 Å². The summed E-state index contributed by atoms with van der Waals surface area (Å²) in [5.41, 5.74) is 0.100. The van der Waals surface area contributed by atoms with Crippen molar-refractivity contribution in [2.75, 3.05) is 0 Å².